The lowest BCUT2D eigenvalue weighted by Gasteiger charge is -2.04. The molecule has 0 amide bonds. The second-order valence-corrected chi connectivity index (χ2v) is 7.59. The fourth-order valence-electron chi connectivity index (χ4n) is 1.70. The summed E-state index contributed by atoms with van der Waals surface area (Å²) in [5, 5.41) is 0. The van der Waals surface area contributed by atoms with Gasteiger partial charge in [-0.25, -0.2) is 8.42 Å². The molecule has 126 valence electrons. The summed E-state index contributed by atoms with van der Waals surface area (Å²) >= 11 is 0. The number of hydrogen-bond acceptors (Lipinski definition) is 2. The summed E-state index contributed by atoms with van der Waals surface area (Å²) in [5.74, 6) is 0. The fourth-order valence-corrected chi connectivity index (χ4v) is 3.15. The van der Waals surface area contributed by atoms with Gasteiger partial charge in [-0.2, -0.15) is 8.80 Å². The maximum atomic E-state index is 12.0. The Kier molecular flexibility index (Phi) is 6.57. The van der Waals surface area contributed by atoms with Gasteiger partial charge in [0.05, 0.1) is 9.79 Å². The van der Waals surface area contributed by atoms with Crippen LogP contribution in [0.3, 0.4) is 0 Å². The van der Waals surface area contributed by atoms with Gasteiger partial charge in [0.15, 0.2) is 22.0 Å². The largest absolute Gasteiger partial charge is 0.325 e. The first-order valence-electron chi connectivity index (χ1n) is 7.23. The highest BCUT2D eigenvalue weighted by atomic mass is 32.2. The van der Waals surface area contributed by atoms with Crippen LogP contribution in [0.4, 0.5) is 0 Å². The van der Waals surface area contributed by atoms with Gasteiger partial charge < -0.3 is 4.90 Å². The standard InChI is InChI=1S/C17H19N3O2S2/c1-14-4-8-16(9-5-14)23(21)18-12-20(3)13-19-24(22)17-10-6-15(2)7-11-17/h4-13H,1-3H3/b18-12+,19-13+/t23-,24-/m0/s1. The minimum Gasteiger partial charge on any atom is -0.325 e. The lowest BCUT2D eigenvalue weighted by molar-refractivity contribution is 0.683. The zero-order valence-electron chi connectivity index (χ0n) is 13.7. The van der Waals surface area contributed by atoms with Crippen LogP contribution in [-0.4, -0.2) is 33.0 Å². The van der Waals surface area contributed by atoms with Crippen LogP contribution < -0.4 is 0 Å². The van der Waals surface area contributed by atoms with E-state index in [0.29, 0.717) is 9.79 Å². The molecule has 2 aromatic carbocycles. The summed E-state index contributed by atoms with van der Waals surface area (Å²) < 4.78 is 32.0. The first kappa shape index (κ1) is 18.2. The first-order chi connectivity index (χ1) is 11.5. The molecule has 0 saturated carbocycles. The molecule has 24 heavy (non-hydrogen) atoms. The zero-order valence-corrected chi connectivity index (χ0v) is 15.4. The minimum absolute atomic E-state index is 0.630. The summed E-state index contributed by atoms with van der Waals surface area (Å²) in [7, 11) is -1.26. The quantitative estimate of drug-likeness (QED) is 0.587. The van der Waals surface area contributed by atoms with Gasteiger partial charge in [-0.3, -0.25) is 0 Å². The summed E-state index contributed by atoms with van der Waals surface area (Å²) in [6.07, 6.45) is 2.79. The zero-order chi connectivity index (χ0) is 17.5. The highest BCUT2D eigenvalue weighted by Crippen LogP contribution is 2.10. The van der Waals surface area contributed by atoms with E-state index in [1.165, 1.54) is 17.6 Å². The van der Waals surface area contributed by atoms with Crippen molar-refractivity contribution < 1.29 is 8.42 Å². The molecule has 0 radical (unpaired) electrons. The molecule has 5 nitrogen and oxygen atoms in total. The van der Waals surface area contributed by atoms with Gasteiger partial charge in [-0.05, 0) is 38.1 Å². The van der Waals surface area contributed by atoms with Crippen molar-refractivity contribution in [2.75, 3.05) is 7.05 Å². The SMILES string of the molecule is Cc1ccc([S@](=O)/N=C/N(C)/C=N/[S@@](=O)c2ccc(C)cc2)cc1. The Morgan fingerprint density at radius 2 is 1.08 bits per heavy atom. The molecule has 0 unspecified atom stereocenters. The first-order valence-corrected chi connectivity index (χ1v) is 9.44. The average molecular weight is 361 g/mol. The summed E-state index contributed by atoms with van der Waals surface area (Å²) in [4.78, 5) is 2.77. The van der Waals surface area contributed by atoms with Crippen molar-refractivity contribution in [3.05, 3.63) is 59.7 Å². The predicted octanol–water partition coefficient (Wildman–Crippen LogP) is 3.04. The highest BCUT2D eigenvalue weighted by molar-refractivity contribution is 7.84. The van der Waals surface area contributed by atoms with E-state index in [2.05, 4.69) is 8.80 Å². The summed E-state index contributed by atoms with van der Waals surface area (Å²) in [6, 6.07) is 14.7. The molecule has 0 spiro atoms. The van der Waals surface area contributed by atoms with E-state index in [1.807, 2.05) is 38.1 Å². The topological polar surface area (TPSA) is 62.1 Å². The number of benzene rings is 2. The molecule has 0 aliphatic rings. The minimum atomic E-state index is -1.47. The molecule has 2 atom stereocenters. The van der Waals surface area contributed by atoms with Crippen molar-refractivity contribution in [2.45, 2.75) is 23.6 Å². The summed E-state index contributed by atoms with van der Waals surface area (Å²) in [6.45, 7) is 3.93. The van der Waals surface area contributed by atoms with Crippen LogP contribution in [-0.2, 0) is 22.0 Å². The van der Waals surface area contributed by atoms with Crippen molar-refractivity contribution in [3.63, 3.8) is 0 Å². The molecule has 0 heterocycles. The summed E-state index contributed by atoms with van der Waals surface area (Å²) in [5.41, 5.74) is 2.20. The van der Waals surface area contributed by atoms with Crippen molar-refractivity contribution >= 4 is 34.6 Å². The molecule has 0 saturated heterocycles. The van der Waals surface area contributed by atoms with Crippen LogP contribution in [0.25, 0.3) is 0 Å². The van der Waals surface area contributed by atoms with Crippen molar-refractivity contribution in [3.8, 4) is 0 Å². The van der Waals surface area contributed by atoms with Crippen LogP contribution in [0.2, 0.25) is 0 Å². The van der Waals surface area contributed by atoms with Gasteiger partial charge in [-0.15, -0.1) is 0 Å². The van der Waals surface area contributed by atoms with Gasteiger partial charge in [0.1, 0.15) is 12.7 Å². The molecule has 7 heteroatoms. The van der Waals surface area contributed by atoms with Crippen LogP contribution >= 0.6 is 0 Å². The Hall–Kier alpha value is -2.12. The molecule has 0 fully saturated rings. The number of rotatable bonds is 6. The second kappa shape index (κ2) is 8.65. The number of aryl methyl sites for hydroxylation is 2. The molecule has 0 aromatic heterocycles. The third kappa shape index (κ3) is 5.50. The lowest BCUT2D eigenvalue weighted by Crippen LogP contribution is -2.14. The van der Waals surface area contributed by atoms with Crippen LogP contribution in [0.15, 0.2) is 67.1 Å². The molecular weight excluding hydrogens is 342 g/mol. The van der Waals surface area contributed by atoms with Gasteiger partial charge in [0.25, 0.3) is 0 Å². The monoisotopic (exact) mass is 361 g/mol. The Morgan fingerprint density at radius 3 is 1.42 bits per heavy atom. The van der Waals surface area contributed by atoms with Gasteiger partial charge in [-0.1, -0.05) is 35.4 Å². The fraction of sp³-hybridized carbons (Fsp3) is 0.176. The Balaban J connectivity index is 1.95. The average Bonchev–Trinajstić information content (AvgIpc) is 2.58. The van der Waals surface area contributed by atoms with Gasteiger partial charge >= 0.3 is 0 Å². The van der Waals surface area contributed by atoms with Crippen molar-refractivity contribution in [2.24, 2.45) is 8.80 Å². The predicted molar refractivity (Wildman–Crippen MR) is 99.9 cm³/mol. The molecule has 2 aromatic rings. The highest BCUT2D eigenvalue weighted by Gasteiger charge is 2.02. The number of hydrogen-bond donors (Lipinski definition) is 0. The normalized spacial score (nSPS) is 14.1. The molecule has 2 rings (SSSR count). The maximum Gasteiger partial charge on any atom is 0.173 e. The molecule has 0 aliphatic carbocycles. The van der Waals surface area contributed by atoms with Crippen LogP contribution in [0.1, 0.15) is 11.1 Å². The maximum absolute atomic E-state index is 12.0. The van der Waals surface area contributed by atoms with Crippen LogP contribution in [0.5, 0.6) is 0 Å². The smallest absolute Gasteiger partial charge is 0.173 e. The Morgan fingerprint density at radius 1 is 0.750 bits per heavy atom. The Bertz CT molecular complexity index is 717. The third-order valence-electron chi connectivity index (χ3n) is 3.10. The van der Waals surface area contributed by atoms with Gasteiger partial charge in [0.2, 0.25) is 0 Å². The van der Waals surface area contributed by atoms with E-state index in [0.717, 1.165) is 11.1 Å². The van der Waals surface area contributed by atoms with E-state index in [-0.39, 0.29) is 0 Å². The van der Waals surface area contributed by atoms with Gasteiger partial charge in [0, 0.05) is 7.05 Å². The number of nitrogens with zero attached hydrogens (tertiary/aromatic N) is 3. The van der Waals surface area contributed by atoms with E-state index >= 15 is 0 Å². The van der Waals surface area contributed by atoms with Crippen molar-refractivity contribution in [1.82, 2.24) is 4.90 Å². The van der Waals surface area contributed by atoms with E-state index in [1.54, 1.807) is 31.3 Å². The van der Waals surface area contributed by atoms with E-state index < -0.39 is 22.0 Å². The Labute approximate surface area is 147 Å². The third-order valence-corrected chi connectivity index (χ3v) is 5.02. The second-order valence-electron chi connectivity index (χ2n) is 5.23. The molecular formula is C17H19N3O2S2. The van der Waals surface area contributed by atoms with E-state index in [4.69, 9.17) is 0 Å². The van der Waals surface area contributed by atoms with Crippen LogP contribution in [0, 0.1) is 13.8 Å². The molecule has 0 aliphatic heterocycles. The van der Waals surface area contributed by atoms with Crippen molar-refractivity contribution in [1.29, 1.82) is 0 Å². The lowest BCUT2D eigenvalue weighted by atomic mass is 10.2. The van der Waals surface area contributed by atoms with E-state index in [9.17, 15) is 8.42 Å². The molecule has 0 bridgehead atoms. The molecule has 0 N–H and O–H groups in total.